The summed E-state index contributed by atoms with van der Waals surface area (Å²) in [5, 5.41) is 9.76. The number of fused-ring (bicyclic) bond motifs is 2. The van der Waals surface area contributed by atoms with E-state index in [2.05, 4.69) is 0 Å². The number of hydrogen-bond donors (Lipinski definition) is 1. The first kappa shape index (κ1) is 22.8. The maximum atomic E-state index is 14.0. The molecule has 3 amide bonds. The Bertz CT molecular complexity index is 1060. The van der Waals surface area contributed by atoms with E-state index >= 15 is 0 Å². The number of rotatable bonds is 5. The predicted molar refractivity (Wildman–Crippen MR) is 124 cm³/mol. The van der Waals surface area contributed by atoms with Gasteiger partial charge in [0.1, 0.15) is 11.6 Å². The zero-order valence-corrected chi connectivity index (χ0v) is 19.6. The lowest BCUT2D eigenvalue weighted by atomic mass is 9.73. The molecule has 2 fully saturated rings. The number of ether oxygens (including phenoxy) is 1. The minimum absolute atomic E-state index is 0.00950. The van der Waals surface area contributed by atoms with Crippen molar-refractivity contribution in [2.75, 3.05) is 33.3 Å². The van der Waals surface area contributed by atoms with E-state index < -0.39 is 29.1 Å². The average molecular weight is 466 g/mol. The Morgan fingerprint density at radius 1 is 1.00 bits per heavy atom. The molecule has 0 saturated carbocycles. The summed E-state index contributed by atoms with van der Waals surface area (Å²) in [6.45, 7) is 2.89. The van der Waals surface area contributed by atoms with Crippen LogP contribution in [0.1, 0.15) is 18.9 Å². The number of carbonyl (C=O) groups excluding carboxylic acids is 3. The minimum Gasteiger partial charge on any atom is -0.395 e. The van der Waals surface area contributed by atoms with E-state index in [1.165, 1.54) is 4.90 Å². The number of nitrogens with zero attached hydrogens (tertiary/aromatic N) is 3. The van der Waals surface area contributed by atoms with Crippen LogP contribution < -0.4 is 0 Å². The molecule has 1 N–H and O–H groups in total. The SMILES string of the molecule is CC[C@]12C=CCN(C)C(=O)[C@H]1[C@H]1C(=O)N(CCO)C3C(=O)N(Cc4ccccc4)CC=C[C@@]31O2. The smallest absolute Gasteiger partial charge is 0.249 e. The average Bonchev–Trinajstić information content (AvgIpc) is 3.13. The van der Waals surface area contributed by atoms with Crippen LogP contribution in [0.5, 0.6) is 0 Å². The minimum atomic E-state index is -1.27. The third kappa shape index (κ3) is 3.15. The van der Waals surface area contributed by atoms with Gasteiger partial charge in [0.2, 0.25) is 17.7 Å². The van der Waals surface area contributed by atoms with Crippen molar-refractivity contribution >= 4 is 17.7 Å². The second-order valence-corrected chi connectivity index (χ2v) is 9.61. The summed E-state index contributed by atoms with van der Waals surface area (Å²) in [5.74, 6) is -2.27. The molecule has 2 saturated heterocycles. The molecule has 0 radical (unpaired) electrons. The van der Waals surface area contributed by atoms with Crippen molar-refractivity contribution in [1.82, 2.24) is 14.7 Å². The van der Waals surface area contributed by atoms with Gasteiger partial charge in [-0.1, -0.05) is 61.6 Å². The molecule has 0 aromatic heterocycles. The van der Waals surface area contributed by atoms with E-state index in [-0.39, 0.29) is 30.9 Å². The number of likely N-dealkylation sites (N-methyl/N-ethyl adjacent to an activating group) is 1. The van der Waals surface area contributed by atoms with E-state index in [1.807, 2.05) is 61.6 Å². The molecule has 1 aromatic rings. The van der Waals surface area contributed by atoms with Gasteiger partial charge in [-0.05, 0) is 12.0 Å². The topological polar surface area (TPSA) is 90.4 Å². The molecule has 1 unspecified atom stereocenters. The second-order valence-electron chi connectivity index (χ2n) is 9.61. The van der Waals surface area contributed by atoms with Gasteiger partial charge in [-0.2, -0.15) is 0 Å². The van der Waals surface area contributed by atoms with Crippen molar-refractivity contribution in [2.45, 2.75) is 37.1 Å². The fourth-order valence-corrected chi connectivity index (χ4v) is 6.22. The molecular formula is C26H31N3O5. The van der Waals surface area contributed by atoms with Crippen LogP contribution in [0.2, 0.25) is 0 Å². The zero-order valence-electron chi connectivity index (χ0n) is 19.6. The Kier molecular flexibility index (Phi) is 5.61. The van der Waals surface area contributed by atoms with Crippen molar-refractivity contribution in [3.8, 4) is 0 Å². The first-order valence-corrected chi connectivity index (χ1v) is 11.9. The quantitative estimate of drug-likeness (QED) is 0.655. The van der Waals surface area contributed by atoms with Gasteiger partial charge in [0.15, 0.2) is 0 Å². The van der Waals surface area contributed by atoms with Crippen LogP contribution in [-0.2, 0) is 25.7 Å². The highest BCUT2D eigenvalue weighted by Crippen LogP contribution is 2.58. The van der Waals surface area contributed by atoms with Crippen LogP contribution >= 0.6 is 0 Å². The fourth-order valence-electron chi connectivity index (χ4n) is 6.22. The Hall–Kier alpha value is -2.97. The van der Waals surface area contributed by atoms with Crippen molar-refractivity contribution in [1.29, 1.82) is 0 Å². The summed E-state index contributed by atoms with van der Waals surface area (Å²) in [6.07, 6.45) is 8.05. The van der Waals surface area contributed by atoms with Gasteiger partial charge in [-0.25, -0.2) is 0 Å². The number of aliphatic hydroxyl groups excluding tert-OH is 1. The van der Waals surface area contributed by atoms with E-state index in [0.717, 1.165) is 5.56 Å². The molecular weight excluding hydrogens is 434 g/mol. The van der Waals surface area contributed by atoms with Gasteiger partial charge in [-0.15, -0.1) is 0 Å². The molecule has 180 valence electrons. The van der Waals surface area contributed by atoms with Gasteiger partial charge in [0, 0.05) is 33.2 Å². The van der Waals surface area contributed by atoms with Crippen LogP contribution in [0.25, 0.3) is 0 Å². The molecule has 4 aliphatic heterocycles. The number of carbonyl (C=O) groups is 3. The number of likely N-dealkylation sites (tertiary alicyclic amines) is 1. The van der Waals surface area contributed by atoms with Crippen molar-refractivity contribution in [3.63, 3.8) is 0 Å². The van der Waals surface area contributed by atoms with Crippen LogP contribution in [-0.4, -0.2) is 88.1 Å². The number of benzene rings is 1. The standard InChI is InChI=1S/C26H31N3O5/c1-3-25-11-7-13-27(2)22(31)19(25)20-23(32)29(15-16-30)21-24(33)28(14-8-12-26(20,21)34-25)17-18-9-5-4-6-10-18/h4-12,19-21,30H,3,13-17H2,1-2H3/t19-,20+,21?,25+,26+/m1/s1. The molecule has 4 aliphatic rings. The summed E-state index contributed by atoms with van der Waals surface area (Å²) < 4.78 is 6.80. The Labute approximate surface area is 199 Å². The lowest BCUT2D eigenvalue weighted by Gasteiger charge is -2.38. The zero-order chi connectivity index (χ0) is 24.1. The van der Waals surface area contributed by atoms with Crippen molar-refractivity contribution in [2.24, 2.45) is 11.8 Å². The van der Waals surface area contributed by atoms with Gasteiger partial charge < -0.3 is 24.5 Å². The highest BCUT2D eigenvalue weighted by molar-refractivity contribution is 6.00. The van der Waals surface area contributed by atoms with Gasteiger partial charge in [-0.3, -0.25) is 14.4 Å². The van der Waals surface area contributed by atoms with E-state index in [0.29, 0.717) is 26.1 Å². The van der Waals surface area contributed by atoms with Crippen LogP contribution in [0.15, 0.2) is 54.6 Å². The molecule has 0 bridgehead atoms. The molecule has 8 heteroatoms. The van der Waals surface area contributed by atoms with Gasteiger partial charge >= 0.3 is 0 Å². The summed E-state index contributed by atoms with van der Waals surface area (Å²) in [6, 6.07) is 8.75. The monoisotopic (exact) mass is 465 g/mol. The summed E-state index contributed by atoms with van der Waals surface area (Å²) in [5.41, 5.74) is -1.25. The molecule has 34 heavy (non-hydrogen) atoms. The van der Waals surface area contributed by atoms with E-state index in [1.54, 1.807) is 16.8 Å². The predicted octanol–water partition coefficient (Wildman–Crippen LogP) is 0.967. The fraction of sp³-hybridized carbons (Fsp3) is 0.500. The lowest BCUT2D eigenvalue weighted by molar-refractivity contribution is -0.154. The Morgan fingerprint density at radius 3 is 2.44 bits per heavy atom. The van der Waals surface area contributed by atoms with E-state index in [4.69, 9.17) is 4.74 Å². The molecule has 8 nitrogen and oxygen atoms in total. The Morgan fingerprint density at radius 2 is 1.74 bits per heavy atom. The van der Waals surface area contributed by atoms with Crippen LogP contribution in [0.3, 0.4) is 0 Å². The number of hydrogen-bond acceptors (Lipinski definition) is 5. The van der Waals surface area contributed by atoms with Gasteiger partial charge in [0.05, 0.1) is 24.0 Å². The third-order valence-electron chi connectivity index (χ3n) is 7.78. The van der Waals surface area contributed by atoms with E-state index in [9.17, 15) is 19.5 Å². The molecule has 0 aliphatic carbocycles. The maximum Gasteiger partial charge on any atom is 0.249 e. The highest BCUT2D eigenvalue weighted by atomic mass is 16.5. The number of aliphatic hydroxyl groups is 1. The normalized spacial score (nSPS) is 34.7. The highest BCUT2D eigenvalue weighted by Gasteiger charge is 2.75. The van der Waals surface area contributed by atoms with Crippen LogP contribution in [0.4, 0.5) is 0 Å². The molecule has 1 aromatic carbocycles. The maximum absolute atomic E-state index is 14.0. The Balaban J connectivity index is 1.61. The van der Waals surface area contributed by atoms with Crippen molar-refractivity contribution < 1.29 is 24.2 Å². The number of amides is 3. The number of β-amino-alcohol motifs (C(OH)–C–C–N with tert-alkyl or cyclic N) is 1. The first-order valence-electron chi connectivity index (χ1n) is 11.9. The third-order valence-corrected chi connectivity index (χ3v) is 7.78. The van der Waals surface area contributed by atoms with Crippen LogP contribution in [0, 0.1) is 11.8 Å². The summed E-state index contributed by atoms with van der Waals surface area (Å²) in [7, 11) is 1.72. The summed E-state index contributed by atoms with van der Waals surface area (Å²) >= 11 is 0. The first-order chi connectivity index (χ1) is 16.4. The lowest BCUT2D eigenvalue weighted by Crippen LogP contribution is -2.56. The molecule has 1 spiro atoms. The molecule has 5 rings (SSSR count). The molecule has 4 heterocycles. The van der Waals surface area contributed by atoms with Crippen molar-refractivity contribution in [3.05, 3.63) is 60.2 Å². The van der Waals surface area contributed by atoms with Gasteiger partial charge in [0.25, 0.3) is 0 Å². The largest absolute Gasteiger partial charge is 0.395 e. The molecule has 5 atom stereocenters. The summed E-state index contributed by atoms with van der Waals surface area (Å²) in [4.78, 5) is 46.2. The second kappa shape index (κ2) is 8.36.